The van der Waals surface area contributed by atoms with E-state index in [-0.39, 0.29) is 12.7 Å². The number of carbonyl (C=O) groups is 1. The first-order valence-corrected chi connectivity index (χ1v) is 9.31. The summed E-state index contributed by atoms with van der Waals surface area (Å²) in [4.78, 5) is 12.7. The van der Waals surface area contributed by atoms with Crippen LogP contribution in [-0.2, 0) is 16.8 Å². The van der Waals surface area contributed by atoms with Crippen LogP contribution >= 0.6 is 0 Å². The Labute approximate surface area is 158 Å². The fraction of sp³-hybridized carbons (Fsp3) is 0.381. The smallest absolute Gasteiger partial charge is 0.231 e. The first kappa shape index (κ1) is 17.8. The maximum Gasteiger partial charge on any atom is 0.231 e. The van der Waals surface area contributed by atoms with Crippen molar-refractivity contribution in [3.05, 3.63) is 59.7 Å². The zero-order valence-electron chi connectivity index (χ0n) is 15.1. The van der Waals surface area contributed by atoms with Crippen LogP contribution in [-0.4, -0.2) is 37.0 Å². The highest BCUT2D eigenvalue weighted by molar-refractivity contribution is 5.77. The fourth-order valence-electron chi connectivity index (χ4n) is 3.82. The van der Waals surface area contributed by atoms with Crippen molar-refractivity contribution in [1.29, 1.82) is 0 Å². The van der Waals surface area contributed by atoms with Crippen molar-refractivity contribution in [2.75, 3.05) is 19.9 Å². The summed E-state index contributed by atoms with van der Waals surface area (Å²) in [6.45, 7) is 1.44. The molecule has 0 spiro atoms. The number of hydrogen-bond donors (Lipinski definition) is 3. The summed E-state index contributed by atoms with van der Waals surface area (Å²) in [5.74, 6) is 1.39. The molecule has 1 fully saturated rings. The van der Waals surface area contributed by atoms with E-state index >= 15 is 0 Å². The van der Waals surface area contributed by atoms with E-state index in [1.165, 1.54) is 0 Å². The molecule has 0 unspecified atom stereocenters. The van der Waals surface area contributed by atoms with Gasteiger partial charge in [-0.3, -0.25) is 4.79 Å². The number of aryl methyl sites for hydroxylation is 1. The van der Waals surface area contributed by atoms with Crippen molar-refractivity contribution in [2.24, 2.45) is 0 Å². The van der Waals surface area contributed by atoms with Gasteiger partial charge in [-0.25, -0.2) is 0 Å². The molecule has 27 heavy (non-hydrogen) atoms. The average Bonchev–Trinajstić information content (AvgIpc) is 3.17. The number of amides is 1. The third kappa shape index (κ3) is 3.63. The number of hydrogen-bond acceptors (Lipinski definition) is 5. The molecule has 3 N–H and O–H groups in total. The van der Waals surface area contributed by atoms with Crippen LogP contribution in [0.15, 0.2) is 48.5 Å². The first-order chi connectivity index (χ1) is 13.2. The minimum Gasteiger partial charge on any atom is -0.454 e. The molecular weight excluding hydrogens is 344 g/mol. The third-order valence-corrected chi connectivity index (χ3v) is 5.33. The van der Waals surface area contributed by atoms with Gasteiger partial charge in [-0.05, 0) is 42.6 Å². The molecule has 0 radical (unpaired) electrons. The molecule has 2 heterocycles. The molecule has 4 rings (SSSR count). The Morgan fingerprint density at radius 3 is 2.81 bits per heavy atom. The van der Waals surface area contributed by atoms with Gasteiger partial charge in [0.2, 0.25) is 12.7 Å². The molecule has 2 aromatic carbocycles. The van der Waals surface area contributed by atoms with Gasteiger partial charge < -0.3 is 25.2 Å². The van der Waals surface area contributed by atoms with Crippen molar-refractivity contribution in [1.82, 2.24) is 10.6 Å². The van der Waals surface area contributed by atoms with E-state index in [1.54, 1.807) is 0 Å². The molecule has 0 aliphatic carbocycles. The minimum atomic E-state index is -0.752. The predicted molar refractivity (Wildman–Crippen MR) is 101 cm³/mol. The Kier molecular flexibility index (Phi) is 5.01. The lowest BCUT2D eigenvalue weighted by Gasteiger charge is -2.43. The van der Waals surface area contributed by atoms with Crippen molar-refractivity contribution >= 4 is 5.91 Å². The van der Waals surface area contributed by atoms with E-state index < -0.39 is 11.6 Å². The van der Waals surface area contributed by atoms with Crippen LogP contribution in [0, 0.1) is 0 Å². The quantitative estimate of drug-likeness (QED) is 0.749. The monoisotopic (exact) mass is 368 g/mol. The molecule has 142 valence electrons. The number of piperidine rings is 1. The van der Waals surface area contributed by atoms with E-state index in [9.17, 15) is 9.90 Å². The molecule has 2 aliphatic heterocycles. The molecule has 0 saturated carbocycles. The topological polar surface area (TPSA) is 79.8 Å². The zero-order valence-corrected chi connectivity index (χ0v) is 15.1. The normalized spacial score (nSPS) is 23.8. The number of aliphatic hydroxyl groups is 1. The van der Waals surface area contributed by atoms with Gasteiger partial charge in [-0.15, -0.1) is 0 Å². The van der Waals surface area contributed by atoms with Gasteiger partial charge in [0.25, 0.3) is 0 Å². The summed E-state index contributed by atoms with van der Waals surface area (Å²) < 4.78 is 10.7. The van der Waals surface area contributed by atoms with E-state index in [1.807, 2.05) is 48.5 Å². The Balaban J connectivity index is 1.46. The lowest BCUT2D eigenvalue weighted by atomic mass is 9.79. The van der Waals surface area contributed by atoms with Crippen molar-refractivity contribution in [3.8, 4) is 11.5 Å². The van der Waals surface area contributed by atoms with Crippen LogP contribution in [0.5, 0.6) is 11.5 Å². The second-order valence-corrected chi connectivity index (χ2v) is 7.04. The number of aliphatic hydroxyl groups excluding tert-OH is 1. The lowest BCUT2D eigenvalue weighted by molar-refractivity contribution is -0.125. The van der Waals surface area contributed by atoms with E-state index in [2.05, 4.69) is 10.6 Å². The second-order valence-electron chi connectivity index (χ2n) is 7.04. The molecule has 6 nitrogen and oxygen atoms in total. The summed E-state index contributed by atoms with van der Waals surface area (Å²) in [7, 11) is 0. The predicted octanol–water partition coefficient (Wildman–Crippen LogP) is 1.71. The van der Waals surface area contributed by atoms with Crippen LogP contribution < -0.4 is 20.1 Å². The number of ether oxygens (including phenoxy) is 2. The highest BCUT2D eigenvalue weighted by Gasteiger charge is 2.42. The Morgan fingerprint density at radius 1 is 1.19 bits per heavy atom. The zero-order chi connectivity index (χ0) is 18.7. The lowest BCUT2D eigenvalue weighted by Crippen LogP contribution is -2.61. The highest BCUT2D eigenvalue weighted by atomic mass is 16.7. The maximum absolute atomic E-state index is 12.7. The summed E-state index contributed by atoms with van der Waals surface area (Å²) in [6, 6.07) is 15.5. The van der Waals surface area contributed by atoms with Gasteiger partial charge >= 0.3 is 0 Å². The summed E-state index contributed by atoms with van der Waals surface area (Å²) >= 11 is 0. The summed E-state index contributed by atoms with van der Waals surface area (Å²) in [5.41, 5.74) is 1.21. The molecule has 6 heteroatoms. The van der Waals surface area contributed by atoms with Crippen LogP contribution in [0.2, 0.25) is 0 Å². The molecule has 2 aromatic rings. The molecule has 2 aliphatic rings. The largest absolute Gasteiger partial charge is 0.454 e. The average molecular weight is 368 g/mol. The minimum absolute atomic E-state index is 0.0718. The number of nitrogens with one attached hydrogen (secondary N) is 2. The van der Waals surface area contributed by atoms with Crippen molar-refractivity contribution in [3.63, 3.8) is 0 Å². The SMILES string of the molecule is O=C(CCc1ccc2c(c1)OCO2)N[C@@]1(c2ccccc2)CCNC[C@H]1O. The van der Waals surface area contributed by atoms with Crippen molar-refractivity contribution < 1.29 is 19.4 Å². The van der Waals surface area contributed by atoms with Gasteiger partial charge in [-0.2, -0.15) is 0 Å². The Hall–Kier alpha value is -2.57. The Morgan fingerprint density at radius 2 is 2.00 bits per heavy atom. The number of β-amino-alcohol motifs (C(OH)–C–C–N with tert-alkyl or cyclic N) is 1. The van der Waals surface area contributed by atoms with Crippen LogP contribution in [0.25, 0.3) is 0 Å². The van der Waals surface area contributed by atoms with E-state index in [4.69, 9.17) is 9.47 Å². The highest BCUT2D eigenvalue weighted by Crippen LogP contribution is 2.33. The van der Waals surface area contributed by atoms with Gasteiger partial charge in [0.1, 0.15) is 0 Å². The van der Waals surface area contributed by atoms with Crippen LogP contribution in [0.3, 0.4) is 0 Å². The van der Waals surface area contributed by atoms with Crippen molar-refractivity contribution in [2.45, 2.75) is 30.9 Å². The molecule has 0 bridgehead atoms. The molecular formula is C21H24N2O4. The second kappa shape index (κ2) is 7.58. The summed E-state index contributed by atoms with van der Waals surface area (Å²) in [6.07, 6.45) is 0.910. The third-order valence-electron chi connectivity index (χ3n) is 5.33. The first-order valence-electron chi connectivity index (χ1n) is 9.31. The van der Waals surface area contributed by atoms with E-state index in [0.717, 1.165) is 29.2 Å². The molecule has 1 amide bonds. The van der Waals surface area contributed by atoms with Gasteiger partial charge in [-0.1, -0.05) is 36.4 Å². The number of fused-ring (bicyclic) bond motifs is 1. The summed E-state index contributed by atoms with van der Waals surface area (Å²) in [5, 5.41) is 17.0. The number of carbonyl (C=O) groups excluding carboxylic acids is 1. The molecule has 0 aromatic heterocycles. The van der Waals surface area contributed by atoms with E-state index in [0.29, 0.717) is 25.8 Å². The van der Waals surface area contributed by atoms with Gasteiger partial charge in [0, 0.05) is 13.0 Å². The molecule has 1 saturated heterocycles. The Bertz CT molecular complexity index is 811. The number of benzene rings is 2. The van der Waals surface area contributed by atoms with Gasteiger partial charge in [0.05, 0.1) is 11.6 Å². The fourth-order valence-corrected chi connectivity index (χ4v) is 3.82. The standard InChI is InChI=1S/C21H24N2O4/c24-19-13-22-11-10-21(19,16-4-2-1-3-5-16)23-20(25)9-7-15-6-8-17-18(12-15)27-14-26-17/h1-6,8,12,19,22,24H,7,9-11,13-14H2,(H,23,25)/t19-,21-/m1/s1. The molecule has 2 atom stereocenters. The van der Waals surface area contributed by atoms with Gasteiger partial charge in [0.15, 0.2) is 11.5 Å². The van der Waals surface area contributed by atoms with Crippen LogP contribution in [0.1, 0.15) is 24.0 Å². The number of rotatable bonds is 5. The maximum atomic E-state index is 12.7. The van der Waals surface area contributed by atoms with Crippen LogP contribution in [0.4, 0.5) is 0 Å².